The molecule has 0 fully saturated rings. The van der Waals surface area contributed by atoms with Crippen LogP contribution in [0.4, 0.5) is 4.39 Å². The molecular weight excluding hydrogens is 295 g/mol. The number of hydrazine groups is 1. The van der Waals surface area contributed by atoms with E-state index < -0.39 is 0 Å². The van der Waals surface area contributed by atoms with Crippen LogP contribution in [-0.2, 0) is 0 Å². The van der Waals surface area contributed by atoms with E-state index in [4.69, 9.17) is 5.84 Å². The van der Waals surface area contributed by atoms with Crippen molar-refractivity contribution in [1.29, 1.82) is 0 Å². The SMILES string of the molecule is CCCC(CCC)C(NN)c1cccc(Br)c1F. The van der Waals surface area contributed by atoms with Crippen molar-refractivity contribution < 1.29 is 4.39 Å². The molecule has 0 radical (unpaired) electrons. The molecule has 1 aromatic carbocycles. The summed E-state index contributed by atoms with van der Waals surface area (Å²) in [7, 11) is 0. The first-order valence-electron chi connectivity index (χ1n) is 6.55. The Labute approximate surface area is 117 Å². The summed E-state index contributed by atoms with van der Waals surface area (Å²) in [5.74, 6) is 5.81. The number of halogens is 2. The van der Waals surface area contributed by atoms with Gasteiger partial charge < -0.3 is 0 Å². The highest BCUT2D eigenvalue weighted by Gasteiger charge is 2.24. The lowest BCUT2D eigenvalue weighted by atomic mass is 9.86. The molecule has 0 heterocycles. The van der Waals surface area contributed by atoms with Crippen LogP contribution in [0.3, 0.4) is 0 Å². The summed E-state index contributed by atoms with van der Waals surface area (Å²) in [5, 5.41) is 0. The molecule has 0 saturated heterocycles. The summed E-state index contributed by atoms with van der Waals surface area (Å²) < 4.78 is 14.6. The van der Waals surface area contributed by atoms with Crippen LogP contribution in [0.15, 0.2) is 22.7 Å². The lowest BCUT2D eigenvalue weighted by molar-refractivity contribution is 0.311. The molecule has 0 aliphatic rings. The largest absolute Gasteiger partial charge is 0.271 e. The molecule has 2 nitrogen and oxygen atoms in total. The summed E-state index contributed by atoms with van der Waals surface area (Å²) in [4.78, 5) is 0. The van der Waals surface area contributed by atoms with Gasteiger partial charge in [0, 0.05) is 5.56 Å². The second-order valence-corrected chi connectivity index (χ2v) is 5.48. The van der Waals surface area contributed by atoms with E-state index in [1.54, 1.807) is 6.07 Å². The van der Waals surface area contributed by atoms with Crippen molar-refractivity contribution in [1.82, 2.24) is 5.43 Å². The predicted molar refractivity (Wildman–Crippen MR) is 77.5 cm³/mol. The molecule has 1 aromatic rings. The molecule has 1 unspecified atom stereocenters. The fourth-order valence-electron chi connectivity index (χ4n) is 2.46. The van der Waals surface area contributed by atoms with E-state index in [0.29, 0.717) is 16.0 Å². The van der Waals surface area contributed by atoms with Gasteiger partial charge in [-0.1, -0.05) is 38.8 Å². The molecule has 4 heteroatoms. The molecule has 0 aromatic heterocycles. The van der Waals surface area contributed by atoms with Crippen LogP contribution in [0.2, 0.25) is 0 Å². The Hall–Kier alpha value is -0.450. The van der Waals surface area contributed by atoms with Crippen molar-refractivity contribution in [3.63, 3.8) is 0 Å². The fourth-order valence-corrected chi connectivity index (χ4v) is 2.84. The average Bonchev–Trinajstić information content (AvgIpc) is 2.36. The molecule has 1 rings (SSSR count). The molecule has 0 bridgehead atoms. The van der Waals surface area contributed by atoms with Gasteiger partial charge in [0.05, 0.1) is 10.5 Å². The molecule has 0 amide bonds. The van der Waals surface area contributed by atoms with Gasteiger partial charge in [-0.05, 0) is 40.8 Å². The van der Waals surface area contributed by atoms with Crippen molar-refractivity contribution in [2.75, 3.05) is 0 Å². The van der Waals surface area contributed by atoms with Gasteiger partial charge in [0.1, 0.15) is 5.82 Å². The van der Waals surface area contributed by atoms with Crippen molar-refractivity contribution in [2.45, 2.75) is 45.6 Å². The quantitative estimate of drug-likeness (QED) is 0.581. The van der Waals surface area contributed by atoms with Gasteiger partial charge >= 0.3 is 0 Å². The third-order valence-corrected chi connectivity index (χ3v) is 3.90. The van der Waals surface area contributed by atoms with E-state index in [1.807, 2.05) is 12.1 Å². The van der Waals surface area contributed by atoms with E-state index in [-0.39, 0.29) is 11.9 Å². The van der Waals surface area contributed by atoms with Crippen LogP contribution in [0.1, 0.15) is 51.1 Å². The minimum Gasteiger partial charge on any atom is -0.271 e. The van der Waals surface area contributed by atoms with Crippen molar-refractivity contribution in [3.05, 3.63) is 34.1 Å². The normalized spacial score (nSPS) is 13.0. The van der Waals surface area contributed by atoms with Crippen LogP contribution in [0.5, 0.6) is 0 Å². The number of rotatable bonds is 7. The molecular formula is C14H22BrFN2. The summed E-state index contributed by atoms with van der Waals surface area (Å²) in [6.45, 7) is 4.29. The Balaban J connectivity index is 3.02. The van der Waals surface area contributed by atoms with Gasteiger partial charge in [0.2, 0.25) is 0 Å². The highest BCUT2D eigenvalue weighted by atomic mass is 79.9. The van der Waals surface area contributed by atoms with E-state index in [9.17, 15) is 4.39 Å². The zero-order valence-electron chi connectivity index (χ0n) is 11.0. The zero-order valence-corrected chi connectivity index (χ0v) is 12.6. The summed E-state index contributed by atoms with van der Waals surface area (Å²) in [6.07, 6.45) is 4.26. The van der Waals surface area contributed by atoms with Gasteiger partial charge in [-0.3, -0.25) is 11.3 Å². The minimum absolute atomic E-state index is 0.123. The lowest BCUT2D eigenvalue weighted by Crippen LogP contribution is -2.34. The molecule has 18 heavy (non-hydrogen) atoms. The molecule has 0 aliphatic carbocycles. The van der Waals surface area contributed by atoms with E-state index in [0.717, 1.165) is 25.7 Å². The van der Waals surface area contributed by atoms with E-state index >= 15 is 0 Å². The van der Waals surface area contributed by atoms with Crippen LogP contribution in [-0.4, -0.2) is 0 Å². The number of nitrogens with one attached hydrogen (secondary N) is 1. The van der Waals surface area contributed by atoms with E-state index in [2.05, 4.69) is 35.2 Å². The maximum atomic E-state index is 14.1. The Bertz CT molecular complexity index is 365. The van der Waals surface area contributed by atoms with Crippen LogP contribution in [0, 0.1) is 11.7 Å². The lowest BCUT2D eigenvalue weighted by Gasteiger charge is -2.27. The standard InChI is InChI=1S/C14H22BrFN2/c1-3-6-10(7-4-2)14(18-17)11-8-5-9-12(15)13(11)16/h5,8-10,14,18H,3-4,6-7,17H2,1-2H3. The molecule has 1 atom stereocenters. The molecule has 0 saturated carbocycles. The Morgan fingerprint density at radius 3 is 2.39 bits per heavy atom. The topological polar surface area (TPSA) is 38.0 Å². The van der Waals surface area contributed by atoms with Crippen LogP contribution in [0.25, 0.3) is 0 Å². The smallest absolute Gasteiger partial charge is 0.142 e. The van der Waals surface area contributed by atoms with Gasteiger partial charge in [-0.2, -0.15) is 0 Å². The highest BCUT2D eigenvalue weighted by molar-refractivity contribution is 9.10. The Morgan fingerprint density at radius 2 is 1.89 bits per heavy atom. The molecule has 3 N–H and O–H groups in total. The number of hydrogen-bond donors (Lipinski definition) is 2. The van der Waals surface area contributed by atoms with Crippen LogP contribution < -0.4 is 11.3 Å². The first-order chi connectivity index (χ1) is 8.65. The maximum absolute atomic E-state index is 14.1. The summed E-state index contributed by atoms with van der Waals surface area (Å²) >= 11 is 3.23. The summed E-state index contributed by atoms with van der Waals surface area (Å²) in [6, 6.07) is 5.24. The Morgan fingerprint density at radius 1 is 1.28 bits per heavy atom. The monoisotopic (exact) mass is 316 g/mol. The van der Waals surface area contributed by atoms with Crippen LogP contribution >= 0.6 is 15.9 Å². The molecule has 102 valence electrons. The van der Waals surface area contributed by atoms with Crippen molar-refractivity contribution in [2.24, 2.45) is 11.8 Å². The molecule has 0 aliphatic heterocycles. The average molecular weight is 317 g/mol. The second-order valence-electron chi connectivity index (χ2n) is 4.62. The number of nitrogens with two attached hydrogens (primary N) is 1. The highest BCUT2D eigenvalue weighted by Crippen LogP contribution is 2.32. The first-order valence-corrected chi connectivity index (χ1v) is 7.35. The zero-order chi connectivity index (χ0) is 13.5. The minimum atomic E-state index is -0.211. The van der Waals surface area contributed by atoms with Gasteiger partial charge in [0.25, 0.3) is 0 Å². The Kier molecular flexibility index (Phi) is 6.82. The third kappa shape index (κ3) is 3.77. The first kappa shape index (κ1) is 15.6. The fraction of sp³-hybridized carbons (Fsp3) is 0.571. The molecule has 0 spiro atoms. The predicted octanol–water partition coefficient (Wildman–Crippen LogP) is 4.31. The van der Waals surface area contributed by atoms with Gasteiger partial charge in [0.15, 0.2) is 0 Å². The third-order valence-electron chi connectivity index (χ3n) is 3.29. The number of benzene rings is 1. The maximum Gasteiger partial charge on any atom is 0.142 e. The van der Waals surface area contributed by atoms with Crippen molar-refractivity contribution in [3.8, 4) is 0 Å². The van der Waals surface area contributed by atoms with Gasteiger partial charge in [-0.15, -0.1) is 0 Å². The second kappa shape index (κ2) is 7.87. The van der Waals surface area contributed by atoms with E-state index in [1.165, 1.54) is 0 Å². The van der Waals surface area contributed by atoms with Gasteiger partial charge in [-0.25, -0.2) is 4.39 Å². The van der Waals surface area contributed by atoms with Crippen molar-refractivity contribution >= 4 is 15.9 Å². The number of hydrogen-bond acceptors (Lipinski definition) is 2. The summed E-state index contributed by atoms with van der Waals surface area (Å²) in [5.41, 5.74) is 3.45.